The molecule has 0 aliphatic heterocycles. The molecule has 2 rings (SSSR count). The lowest BCUT2D eigenvalue weighted by molar-refractivity contribution is -0.136. The molecule has 0 aromatic heterocycles. The molecule has 1 atom stereocenters. The molecule has 2 aromatic carbocycles. The number of amides is 1. The molecule has 0 aliphatic rings. The van der Waals surface area contributed by atoms with Gasteiger partial charge in [-0.15, -0.1) is 0 Å². The second kappa shape index (κ2) is 10.8. The van der Waals surface area contributed by atoms with Gasteiger partial charge in [-0.3, -0.25) is 4.79 Å². The average molecular weight is 446 g/mol. The molecule has 1 N–H and O–H groups in total. The summed E-state index contributed by atoms with van der Waals surface area (Å²) >= 11 is 3.47. The molecule has 0 radical (unpaired) electrons. The topological polar surface area (TPSA) is 64.6 Å². The first-order valence-electron chi connectivity index (χ1n) is 8.94. The van der Waals surface area contributed by atoms with Gasteiger partial charge in [-0.05, 0) is 23.6 Å². The van der Waals surface area contributed by atoms with E-state index in [1.54, 1.807) is 24.3 Å². The Morgan fingerprint density at radius 2 is 1.57 bits per heavy atom. The molecule has 2 aromatic rings. The fourth-order valence-electron chi connectivity index (χ4n) is 2.55. The molecule has 0 fully saturated rings. The summed E-state index contributed by atoms with van der Waals surface area (Å²) in [7, 11) is 1.27. The molecule has 0 spiro atoms. The normalized spacial score (nSPS) is 12.9. The van der Waals surface area contributed by atoms with Crippen LogP contribution in [0.4, 0.5) is 0 Å². The summed E-state index contributed by atoms with van der Waals surface area (Å²) in [4.78, 5) is 24.9. The van der Waals surface area contributed by atoms with Gasteiger partial charge >= 0.3 is 5.97 Å². The van der Waals surface area contributed by atoms with Crippen molar-refractivity contribution >= 4 is 27.8 Å². The van der Waals surface area contributed by atoms with E-state index in [0.717, 1.165) is 5.56 Å². The Hall–Kier alpha value is -2.44. The summed E-state index contributed by atoms with van der Waals surface area (Å²) in [6, 6.07) is 18.4. The molecule has 1 amide bonds. The predicted molar refractivity (Wildman–Crippen MR) is 112 cm³/mol. The lowest BCUT2D eigenvalue weighted by Crippen LogP contribution is -2.32. The van der Waals surface area contributed by atoms with Crippen LogP contribution >= 0.6 is 15.9 Å². The molecule has 148 valence electrons. The van der Waals surface area contributed by atoms with Gasteiger partial charge in [0.15, 0.2) is 0 Å². The molecule has 0 saturated carbocycles. The Morgan fingerprint density at radius 1 is 1.00 bits per heavy atom. The van der Waals surface area contributed by atoms with Crippen molar-refractivity contribution in [1.29, 1.82) is 0 Å². The second-order valence-corrected chi connectivity index (χ2v) is 7.35. The van der Waals surface area contributed by atoms with Crippen molar-refractivity contribution in [3.63, 3.8) is 0 Å². The molecule has 0 bridgehead atoms. The zero-order valence-electron chi connectivity index (χ0n) is 16.1. The highest BCUT2D eigenvalue weighted by atomic mass is 79.9. The smallest absolute Gasteiger partial charge is 0.355 e. The van der Waals surface area contributed by atoms with E-state index in [-0.39, 0.29) is 11.6 Å². The summed E-state index contributed by atoms with van der Waals surface area (Å²) < 4.78 is 11.4. The van der Waals surface area contributed by atoms with E-state index in [9.17, 15) is 9.59 Å². The number of benzene rings is 2. The van der Waals surface area contributed by atoms with Gasteiger partial charge in [-0.25, -0.2) is 4.79 Å². The first kappa shape index (κ1) is 21.9. The highest BCUT2D eigenvalue weighted by Gasteiger charge is 2.26. The lowest BCUT2D eigenvalue weighted by Gasteiger charge is -2.23. The van der Waals surface area contributed by atoms with Gasteiger partial charge in [0.05, 0.1) is 24.3 Å². The Kier molecular flexibility index (Phi) is 8.42. The van der Waals surface area contributed by atoms with Crippen molar-refractivity contribution in [2.75, 3.05) is 7.11 Å². The van der Waals surface area contributed by atoms with Crippen LogP contribution in [0.5, 0.6) is 0 Å². The zero-order chi connectivity index (χ0) is 20.5. The van der Waals surface area contributed by atoms with Crippen molar-refractivity contribution in [3.8, 4) is 0 Å². The van der Waals surface area contributed by atoms with E-state index in [4.69, 9.17) is 9.47 Å². The van der Waals surface area contributed by atoms with Crippen LogP contribution in [-0.2, 0) is 20.9 Å². The second-order valence-electron chi connectivity index (χ2n) is 6.50. The average Bonchev–Trinajstić information content (AvgIpc) is 2.72. The number of ether oxygens (including phenoxy) is 2. The van der Waals surface area contributed by atoms with Gasteiger partial charge in [0.25, 0.3) is 5.91 Å². The van der Waals surface area contributed by atoms with E-state index in [1.807, 2.05) is 50.2 Å². The van der Waals surface area contributed by atoms with Crippen molar-refractivity contribution in [1.82, 2.24) is 5.32 Å². The monoisotopic (exact) mass is 445 g/mol. The van der Waals surface area contributed by atoms with Crippen LogP contribution in [0.25, 0.3) is 0 Å². The Balaban J connectivity index is 2.27. The van der Waals surface area contributed by atoms with Crippen LogP contribution in [0.3, 0.4) is 0 Å². The van der Waals surface area contributed by atoms with Gasteiger partial charge in [-0.2, -0.15) is 0 Å². The van der Waals surface area contributed by atoms with Crippen LogP contribution < -0.4 is 5.32 Å². The Bertz CT molecular complexity index is 819. The van der Waals surface area contributed by atoms with E-state index < -0.39 is 18.0 Å². The third kappa shape index (κ3) is 6.04. The number of hydrogen-bond acceptors (Lipinski definition) is 4. The summed E-state index contributed by atoms with van der Waals surface area (Å²) in [6.07, 6.45) is -0.439. The van der Waals surface area contributed by atoms with Gasteiger partial charge in [0, 0.05) is 5.56 Å². The molecular weight excluding hydrogens is 422 g/mol. The third-order valence-electron chi connectivity index (χ3n) is 4.03. The SMILES string of the molecule is COC(=O)/C(NC(=O)c1ccccc1)=C(\Br)[C@H](OCc1ccccc1)C(C)C. The standard InChI is InChI=1S/C22H24BrNO4/c1-15(2)20(28-14-16-10-6-4-7-11-16)18(23)19(22(26)27-3)24-21(25)17-12-8-5-9-13-17/h4-13,15,20H,14H2,1-3H3,(H,24,25)/b19-18+/t20-/m1/s1. The van der Waals surface area contributed by atoms with E-state index >= 15 is 0 Å². The van der Waals surface area contributed by atoms with Crippen molar-refractivity contribution in [2.24, 2.45) is 5.92 Å². The molecule has 5 nitrogen and oxygen atoms in total. The van der Waals surface area contributed by atoms with Crippen LogP contribution in [-0.4, -0.2) is 25.1 Å². The first-order valence-corrected chi connectivity index (χ1v) is 9.73. The molecule has 28 heavy (non-hydrogen) atoms. The van der Waals surface area contributed by atoms with Crippen LogP contribution in [0.2, 0.25) is 0 Å². The number of carbonyl (C=O) groups excluding carboxylic acids is 2. The van der Waals surface area contributed by atoms with E-state index in [0.29, 0.717) is 16.7 Å². The minimum atomic E-state index is -0.648. The van der Waals surface area contributed by atoms with Crippen LogP contribution in [0.15, 0.2) is 70.8 Å². The third-order valence-corrected chi connectivity index (χ3v) is 4.88. The number of carbonyl (C=O) groups is 2. The lowest BCUT2D eigenvalue weighted by atomic mass is 10.1. The highest BCUT2D eigenvalue weighted by molar-refractivity contribution is 9.11. The minimum absolute atomic E-state index is 0.0307. The number of methoxy groups -OCH3 is 1. The van der Waals surface area contributed by atoms with Crippen LogP contribution in [0, 0.1) is 5.92 Å². The summed E-state index contributed by atoms with van der Waals surface area (Å²) in [5.74, 6) is -1.000. The van der Waals surface area contributed by atoms with Gasteiger partial charge in [0.1, 0.15) is 5.70 Å². The Morgan fingerprint density at radius 3 is 2.11 bits per heavy atom. The molecular formula is C22H24BrNO4. The predicted octanol–water partition coefficient (Wildman–Crippen LogP) is 4.44. The number of halogens is 1. The first-order chi connectivity index (χ1) is 13.4. The summed E-state index contributed by atoms with van der Waals surface area (Å²) in [5, 5.41) is 2.66. The largest absolute Gasteiger partial charge is 0.464 e. The summed E-state index contributed by atoms with van der Waals surface area (Å²) in [5.41, 5.74) is 1.49. The maximum atomic E-state index is 12.5. The molecule has 6 heteroatoms. The molecule has 0 heterocycles. The van der Waals surface area contributed by atoms with E-state index in [2.05, 4.69) is 21.2 Å². The van der Waals surface area contributed by atoms with Gasteiger partial charge < -0.3 is 14.8 Å². The van der Waals surface area contributed by atoms with Crippen LogP contribution in [0.1, 0.15) is 29.8 Å². The molecule has 0 unspecified atom stereocenters. The van der Waals surface area contributed by atoms with E-state index in [1.165, 1.54) is 7.11 Å². The fourth-order valence-corrected chi connectivity index (χ4v) is 3.47. The molecule has 0 saturated heterocycles. The van der Waals surface area contributed by atoms with Crippen molar-refractivity contribution in [3.05, 3.63) is 82.0 Å². The van der Waals surface area contributed by atoms with Gasteiger partial charge in [-0.1, -0.05) is 78.3 Å². The maximum Gasteiger partial charge on any atom is 0.355 e. The highest BCUT2D eigenvalue weighted by Crippen LogP contribution is 2.26. The Labute approximate surface area is 173 Å². The van der Waals surface area contributed by atoms with Crippen molar-refractivity contribution in [2.45, 2.75) is 26.6 Å². The number of rotatable bonds is 8. The minimum Gasteiger partial charge on any atom is -0.464 e. The summed E-state index contributed by atoms with van der Waals surface area (Å²) in [6.45, 7) is 4.33. The number of nitrogens with one attached hydrogen (secondary N) is 1. The fraction of sp³-hybridized carbons (Fsp3) is 0.273. The number of esters is 1. The zero-order valence-corrected chi connectivity index (χ0v) is 17.7. The van der Waals surface area contributed by atoms with Crippen molar-refractivity contribution < 1.29 is 19.1 Å². The maximum absolute atomic E-state index is 12.5. The quantitative estimate of drug-likeness (QED) is 0.481. The number of hydrogen-bond donors (Lipinski definition) is 1. The van der Waals surface area contributed by atoms with Gasteiger partial charge in [0.2, 0.25) is 0 Å². The molecule has 0 aliphatic carbocycles.